The average Bonchev–Trinajstić information content (AvgIpc) is 2.94. The maximum absolute atomic E-state index is 13.6. The minimum Gasteiger partial charge on any atom is -0.481 e. The van der Waals surface area contributed by atoms with Gasteiger partial charge in [0.05, 0.1) is 30.5 Å². The first-order chi connectivity index (χ1) is 20.4. The smallest absolute Gasteiger partial charge is 0.307 e. The summed E-state index contributed by atoms with van der Waals surface area (Å²) in [5.41, 5.74) is 10.5. The third-order valence-electron chi connectivity index (χ3n) is 9.15. The zero-order valence-corrected chi connectivity index (χ0v) is 26.6. The molecule has 230 valence electrons. The summed E-state index contributed by atoms with van der Waals surface area (Å²) in [6.45, 7) is 17.2. The third kappa shape index (κ3) is 7.27. The standard InChI is InChI=1S/C36H46FN3O3/c1-23(2)43-22-32-34(35(31(19-33(41)42)25(4)38-32)40-15-12-36(5,6)13-16-40)27-7-8-29-21-39(14-11-26(29)18-27)20-28-9-10-30(37)17-24(28)3/h7-10,17-18,23H,11-16,19-22H2,1-6H3,(H,41,42). The summed E-state index contributed by atoms with van der Waals surface area (Å²) in [4.78, 5) is 21.9. The molecule has 0 amide bonds. The molecule has 1 N–H and O–H groups in total. The molecule has 1 saturated heterocycles. The number of aliphatic carboxylic acids is 1. The number of aryl methyl sites for hydroxylation is 2. The van der Waals surface area contributed by atoms with Crippen LogP contribution in [-0.4, -0.2) is 46.7 Å². The van der Waals surface area contributed by atoms with E-state index in [9.17, 15) is 14.3 Å². The highest BCUT2D eigenvalue weighted by molar-refractivity contribution is 5.87. The zero-order chi connectivity index (χ0) is 30.9. The molecule has 0 atom stereocenters. The van der Waals surface area contributed by atoms with Crippen molar-refractivity contribution in [1.29, 1.82) is 0 Å². The van der Waals surface area contributed by atoms with Crippen molar-refractivity contribution in [2.45, 2.75) is 93.0 Å². The van der Waals surface area contributed by atoms with Gasteiger partial charge in [0.15, 0.2) is 0 Å². The molecule has 1 fully saturated rings. The van der Waals surface area contributed by atoms with Crippen LogP contribution in [0.25, 0.3) is 11.1 Å². The Balaban J connectivity index is 1.55. The number of hydrogen-bond acceptors (Lipinski definition) is 5. The van der Waals surface area contributed by atoms with Crippen LogP contribution >= 0.6 is 0 Å². The molecule has 3 aromatic rings. The Morgan fingerprint density at radius 3 is 2.49 bits per heavy atom. The van der Waals surface area contributed by atoms with Gasteiger partial charge in [-0.25, -0.2) is 4.39 Å². The van der Waals surface area contributed by atoms with Gasteiger partial charge in [-0.2, -0.15) is 0 Å². The van der Waals surface area contributed by atoms with Crippen molar-refractivity contribution in [1.82, 2.24) is 9.88 Å². The van der Waals surface area contributed by atoms with Crippen molar-refractivity contribution < 1.29 is 19.0 Å². The van der Waals surface area contributed by atoms with Gasteiger partial charge in [-0.05, 0) is 92.3 Å². The van der Waals surface area contributed by atoms with E-state index in [1.54, 1.807) is 12.1 Å². The SMILES string of the molecule is Cc1cc(F)ccc1CN1CCc2cc(-c3c(COC(C)C)nc(C)c(CC(=O)O)c3N3CCC(C)(C)CC3)ccc2C1. The molecule has 0 aliphatic carbocycles. The Kier molecular flexibility index (Phi) is 9.23. The van der Waals surface area contributed by atoms with Crippen LogP contribution < -0.4 is 4.90 Å². The van der Waals surface area contributed by atoms with Crippen LogP contribution in [0.15, 0.2) is 36.4 Å². The van der Waals surface area contributed by atoms with Gasteiger partial charge in [0.25, 0.3) is 0 Å². The number of halogens is 1. The summed E-state index contributed by atoms with van der Waals surface area (Å²) >= 11 is 0. The first-order valence-corrected chi connectivity index (χ1v) is 15.6. The summed E-state index contributed by atoms with van der Waals surface area (Å²) in [6, 6.07) is 11.7. The normalized spacial score (nSPS) is 16.9. The zero-order valence-electron chi connectivity index (χ0n) is 26.6. The number of rotatable bonds is 9. The van der Waals surface area contributed by atoms with Crippen LogP contribution in [0.3, 0.4) is 0 Å². The molecule has 43 heavy (non-hydrogen) atoms. The first kappa shape index (κ1) is 31.1. The third-order valence-corrected chi connectivity index (χ3v) is 9.15. The minimum atomic E-state index is -0.845. The molecule has 3 heterocycles. The molecule has 0 bridgehead atoms. The molecule has 0 saturated carbocycles. The highest BCUT2D eigenvalue weighted by Gasteiger charge is 2.31. The van der Waals surface area contributed by atoms with Crippen molar-refractivity contribution in [2.24, 2.45) is 5.41 Å². The summed E-state index contributed by atoms with van der Waals surface area (Å²) in [7, 11) is 0. The molecule has 0 radical (unpaired) electrons. The van der Waals surface area contributed by atoms with Crippen LogP contribution in [-0.2, 0) is 42.1 Å². The summed E-state index contributed by atoms with van der Waals surface area (Å²) in [6.07, 6.45) is 2.99. The molecular formula is C36H46FN3O3. The lowest BCUT2D eigenvalue weighted by molar-refractivity contribution is -0.136. The van der Waals surface area contributed by atoms with Crippen molar-refractivity contribution >= 4 is 11.7 Å². The van der Waals surface area contributed by atoms with E-state index in [4.69, 9.17) is 9.72 Å². The lowest BCUT2D eigenvalue weighted by Crippen LogP contribution is -2.38. The number of ether oxygens (including phenoxy) is 1. The van der Waals surface area contributed by atoms with Crippen LogP contribution in [0.5, 0.6) is 0 Å². The molecule has 2 aliphatic rings. The molecule has 6 nitrogen and oxygen atoms in total. The van der Waals surface area contributed by atoms with Crippen molar-refractivity contribution in [3.8, 4) is 11.1 Å². The van der Waals surface area contributed by atoms with Crippen LogP contribution in [0.2, 0.25) is 0 Å². The van der Waals surface area contributed by atoms with Gasteiger partial charge in [-0.15, -0.1) is 0 Å². The van der Waals surface area contributed by atoms with Crippen molar-refractivity contribution in [3.63, 3.8) is 0 Å². The van der Waals surface area contributed by atoms with E-state index in [0.717, 1.165) is 96.9 Å². The number of pyridine rings is 1. The van der Waals surface area contributed by atoms with Crippen LogP contribution in [0.4, 0.5) is 10.1 Å². The molecule has 2 aliphatic heterocycles. The van der Waals surface area contributed by atoms with Gasteiger partial charge in [0.1, 0.15) is 5.82 Å². The lowest BCUT2D eigenvalue weighted by Gasteiger charge is -2.40. The number of benzene rings is 2. The molecular weight excluding hydrogens is 541 g/mol. The van der Waals surface area contributed by atoms with E-state index in [1.807, 2.05) is 33.8 Å². The van der Waals surface area contributed by atoms with E-state index in [-0.39, 0.29) is 23.8 Å². The minimum absolute atomic E-state index is 0.0483. The van der Waals surface area contributed by atoms with E-state index < -0.39 is 5.97 Å². The van der Waals surface area contributed by atoms with Crippen LogP contribution in [0, 0.1) is 25.1 Å². The fourth-order valence-corrected chi connectivity index (χ4v) is 6.47. The largest absolute Gasteiger partial charge is 0.481 e. The summed E-state index contributed by atoms with van der Waals surface area (Å²) < 4.78 is 19.8. The predicted octanol–water partition coefficient (Wildman–Crippen LogP) is 7.24. The molecule has 2 aromatic carbocycles. The predicted molar refractivity (Wildman–Crippen MR) is 170 cm³/mol. The summed E-state index contributed by atoms with van der Waals surface area (Å²) in [5, 5.41) is 9.93. The Hall–Kier alpha value is -3.29. The Morgan fingerprint density at radius 1 is 1.07 bits per heavy atom. The molecule has 5 rings (SSSR count). The number of carbonyl (C=O) groups is 1. The number of anilines is 1. The maximum Gasteiger partial charge on any atom is 0.307 e. The molecule has 0 unspecified atom stereocenters. The van der Waals surface area contributed by atoms with Gasteiger partial charge in [0, 0.05) is 49.5 Å². The molecule has 0 spiro atoms. The van der Waals surface area contributed by atoms with Crippen LogP contribution in [0.1, 0.15) is 79.7 Å². The van der Waals surface area contributed by atoms with Crippen molar-refractivity contribution in [2.75, 3.05) is 24.5 Å². The van der Waals surface area contributed by atoms with Crippen molar-refractivity contribution in [3.05, 3.63) is 81.4 Å². The Labute approximate surface area is 255 Å². The second kappa shape index (κ2) is 12.7. The Bertz CT molecular complexity index is 1490. The fourth-order valence-electron chi connectivity index (χ4n) is 6.47. The number of carboxylic acid groups (broad SMARTS) is 1. The number of piperidine rings is 1. The highest BCUT2D eigenvalue weighted by Crippen LogP contribution is 2.43. The number of nitrogens with zero attached hydrogens (tertiary/aromatic N) is 3. The second-order valence-electron chi connectivity index (χ2n) is 13.4. The molecule has 1 aromatic heterocycles. The van der Waals surface area contributed by atoms with Gasteiger partial charge in [-0.3, -0.25) is 14.7 Å². The van der Waals surface area contributed by atoms with E-state index in [0.29, 0.717) is 6.61 Å². The monoisotopic (exact) mass is 587 g/mol. The Morgan fingerprint density at radius 2 is 1.81 bits per heavy atom. The van der Waals surface area contributed by atoms with Gasteiger partial charge in [0.2, 0.25) is 0 Å². The molecule has 7 heteroatoms. The second-order valence-corrected chi connectivity index (χ2v) is 13.4. The number of aromatic nitrogens is 1. The van der Waals surface area contributed by atoms with E-state index in [2.05, 4.69) is 41.8 Å². The number of carboxylic acids is 1. The topological polar surface area (TPSA) is 65.9 Å². The van der Waals surface area contributed by atoms with E-state index in [1.165, 1.54) is 11.1 Å². The number of hydrogen-bond donors (Lipinski definition) is 1. The number of fused-ring (bicyclic) bond motifs is 1. The average molecular weight is 588 g/mol. The quantitative estimate of drug-likeness (QED) is 0.285. The maximum atomic E-state index is 13.6. The highest BCUT2D eigenvalue weighted by atomic mass is 19.1. The van der Waals surface area contributed by atoms with Gasteiger partial charge in [-0.1, -0.05) is 38.1 Å². The van der Waals surface area contributed by atoms with E-state index >= 15 is 0 Å². The first-order valence-electron chi connectivity index (χ1n) is 15.6. The fraction of sp³-hybridized carbons (Fsp3) is 0.500. The lowest BCUT2D eigenvalue weighted by atomic mass is 9.81. The summed E-state index contributed by atoms with van der Waals surface area (Å²) in [5.74, 6) is -1.04. The van der Waals surface area contributed by atoms with Gasteiger partial charge < -0.3 is 14.7 Å². The van der Waals surface area contributed by atoms with Gasteiger partial charge >= 0.3 is 5.97 Å².